The van der Waals surface area contributed by atoms with Crippen LogP contribution in [-0.2, 0) is 11.2 Å². The number of methoxy groups -OCH3 is 2. The van der Waals surface area contributed by atoms with Crippen LogP contribution in [0.15, 0.2) is 24.3 Å². The highest BCUT2D eigenvalue weighted by Crippen LogP contribution is 2.53. The van der Waals surface area contributed by atoms with Crippen LogP contribution in [0.5, 0.6) is 23.0 Å². The van der Waals surface area contributed by atoms with Gasteiger partial charge in [-0.2, -0.15) is 0 Å². The van der Waals surface area contributed by atoms with Gasteiger partial charge in [-0.1, -0.05) is 12.1 Å². The van der Waals surface area contributed by atoms with Gasteiger partial charge in [0.25, 0.3) is 0 Å². The summed E-state index contributed by atoms with van der Waals surface area (Å²) in [6.45, 7) is 0. The maximum Gasteiger partial charge on any atom is 0.201 e. The summed E-state index contributed by atoms with van der Waals surface area (Å²) in [5.74, 6) is -0.346. The minimum absolute atomic E-state index is 0.0823. The van der Waals surface area contributed by atoms with Crippen molar-refractivity contribution in [1.82, 2.24) is 0 Å². The lowest BCUT2D eigenvalue weighted by atomic mass is 9.82. The Kier molecular flexibility index (Phi) is 3.14. The molecule has 0 saturated carbocycles. The SMILES string of the molecule is COc1c(O)c(O)cc2c1-c1c(O)cccc1C(OC)C2. The quantitative estimate of drug-likeness (QED) is 0.740. The van der Waals surface area contributed by atoms with E-state index in [0.717, 1.165) is 11.1 Å². The first-order valence-electron chi connectivity index (χ1n) is 6.55. The number of aromatic hydroxyl groups is 3. The molecule has 110 valence electrons. The van der Waals surface area contributed by atoms with Gasteiger partial charge in [-0.25, -0.2) is 0 Å². The van der Waals surface area contributed by atoms with Crippen molar-refractivity contribution in [1.29, 1.82) is 0 Å². The standard InChI is InChI=1S/C16H16O5/c1-20-12-7-8-6-11(18)15(19)16(21-2)13(8)14-9(12)4-3-5-10(14)17/h3-6,12,17-19H,7H2,1-2H3. The molecular weight excluding hydrogens is 272 g/mol. The van der Waals surface area contributed by atoms with Crippen molar-refractivity contribution in [3.63, 3.8) is 0 Å². The van der Waals surface area contributed by atoms with Crippen molar-refractivity contribution < 1.29 is 24.8 Å². The van der Waals surface area contributed by atoms with E-state index in [1.165, 1.54) is 13.2 Å². The zero-order valence-electron chi connectivity index (χ0n) is 11.8. The van der Waals surface area contributed by atoms with Gasteiger partial charge in [-0.3, -0.25) is 0 Å². The third kappa shape index (κ3) is 1.89. The minimum Gasteiger partial charge on any atom is -0.507 e. The molecule has 5 nitrogen and oxygen atoms in total. The molecule has 21 heavy (non-hydrogen) atoms. The average Bonchev–Trinajstić information content (AvgIpc) is 2.48. The van der Waals surface area contributed by atoms with Crippen LogP contribution in [0, 0.1) is 0 Å². The molecule has 5 heteroatoms. The number of rotatable bonds is 2. The number of ether oxygens (including phenoxy) is 2. The summed E-state index contributed by atoms with van der Waals surface area (Å²) >= 11 is 0. The molecular formula is C16H16O5. The second kappa shape index (κ2) is 4.86. The number of benzene rings is 2. The Labute approximate surface area is 122 Å². The van der Waals surface area contributed by atoms with Crippen LogP contribution < -0.4 is 4.74 Å². The molecule has 0 heterocycles. The van der Waals surface area contributed by atoms with Crippen molar-refractivity contribution in [2.24, 2.45) is 0 Å². The molecule has 1 aliphatic carbocycles. The molecule has 0 aromatic heterocycles. The first kappa shape index (κ1) is 13.6. The Bertz CT molecular complexity index is 708. The number of hydrogen-bond acceptors (Lipinski definition) is 5. The molecule has 0 fully saturated rings. The van der Waals surface area contributed by atoms with Gasteiger partial charge in [0.2, 0.25) is 5.75 Å². The first-order valence-corrected chi connectivity index (χ1v) is 6.55. The van der Waals surface area contributed by atoms with Gasteiger partial charge >= 0.3 is 0 Å². The normalized spacial score (nSPS) is 16.2. The van der Waals surface area contributed by atoms with Gasteiger partial charge < -0.3 is 24.8 Å². The summed E-state index contributed by atoms with van der Waals surface area (Å²) in [7, 11) is 3.01. The van der Waals surface area contributed by atoms with Gasteiger partial charge in [-0.15, -0.1) is 0 Å². The topological polar surface area (TPSA) is 79.2 Å². The molecule has 3 rings (SSSR count). The maximum atomic E-state index is 10.2. The Morgan fingerprint density at radius 2 is 1.81 bits per heavy atom. The van der Waals surface area contributed by atoms with E-state index in [-0.39, 0.29) is 29.1 Å². The summed E-state index contributed by atoms with van der Waals surface area (Å²) in [4.78, 5) is 0. The predicted molar refractivity (Wildman–Crippen MR) is 76.9 cm³/mol. The highest BCUT2D eigenvalue weighted by Gasteiger charge is 2.31. The van der Waals surface area contributed by atoms with Crippen molar-refractivity contribution in [2.75, 3.05) is 14.2 Å². The molecule has 1 unspecified atom stereocenters. The second-order valence-corrected chi connectivity index (χ2v) is 4.98. The fraction of sp³-hybridized carbons (Fsp3) is 0.250. The molecule has 0 radical (unpaired) electrons. The smallest absolute Gasteiger partial charge is 0.201 e. The van der Waals surface area contributed by atoms with E-state index in [9.17, 15) is 15.3 Å². The third-order valence-corrected chi connectivity index (χ3v) is 3.88. The molecule has 0 bridgehead atoms. The van der Waals surface area contributed by atoms with Gasteiger partial charge in [0, 0.05) is 24.7 Å². The monoisotopic (exact) mass is 288 g/mol. The fourth-order valence-corrected chi connectivity index (χ4v) is 2.94. The summed E-state index contributed by atoms with van der Waals surface area (Å²) in [5, 5.41) is 30.1. The van der Waals surface area contributed by atoms with Crippen molar-refractivity contribution >= 4 is 0 Å². The lowest BCUT2D eigenvalue weighted by molar-refractivity contribution is 0.102. The molecule has 0 spiro atoms. The van der Waals surface area contributed by atoms with Crippen molar-refractivity contribution in [3.8, 4) is 34.1 Å². The maximum absolute atomic E-state index is 10.2. The Hall–Kier alpha value is -2.40. The van der Waals surface area contributed by atoms with Gasteiger partial charge in [0.1, 0.15) is 5.75 Å². The largest absolute Gasteiger partial charge is 0.507 e. The van der Waals surface area contributed by atoms with E-state index in [1.54, 1.807) is 19.2 Å². The van der Waals surface area contributed by atoms with E-state index in [0.29, 0.717) is 17.5 Å². The average molecular weight is 288 g/mol. The highest BCUT2D eigenvalue weighted by molar-refractivity contribution is 5.86. The molecule has 0 saturated heterocycles. The van der Waals surface area contributed by atoms with Crippen LogP contribution in [0.25, 0.3) is 11.1 Å². The molecule has 3 N–H and O–H groups in total. The van der Waals surface area contributed by atoms with Crippen LogP contribution in [0.4, 0.5) is 0 Å². The summed E-state index contributed by atoms with van der Waals surface area (Å²) in [6.07, 6.45) is 0.292. The number of fused-ring (bicyclic) bond motifs is 3. The molecule has 0 aliphatic heterocycles. The predicted octanol–water partition coefficient (Wildman–Crippen LogP) is 2.72. The molecule has 0 amide bonds. The van der Waals surface area contributed by atoms with E-state index >= 15 is 0 Å². The second-order valence-electron chi connectivity index (χ2n) is 4.98. The van der Waals surface area contributed by atoms with Crippen LogP contribution >= 0.6 is 0 Å². The number of phenols is 3. The fourth-order valence-electron chi connectivity index (χ4n) is 2.94. The highest BCUT2D eigenvalue weighted by atomic mass is 16.5. The van der Waals surface area contributed by atoms with Crippen LogP contribution in [-0.4, -0.2) is 29.5 Å². The summed E-state index contributed by atoms with van der Waals surface area (Å²) in [6, 6.07) is 6.67. The number of phenolic OH excluding ortho intramolecular Hbond substituents is 3. The van der Waals surface area contributed by atoms with Gasteiger partial charge in [0.15, 0.2) is 11.5 Å². The molecule has 2 aromatic carbocycles. The minimum atomic E-state index is -0.332. The van der Waals surface area contributed by atoms with Crippen molar-refractivity contribution in [3.05, 3.63) is 35.4 Å². The van der Waals surface area contributed by atoms with E-state index < -0.39 is 0 Å². The Morgan fingerprint density at radius 3 is 2.48 bits per heavy atom. The summed E-state index contributed by atoms with van der Waals surface area (Å²) in [5.41, 5.74) is 2.74. The molecule has 2 aromatic rings. The molecule has 1 aliphatic rings. The van der Waals surface area contributed by atoms with Crippen LogP contribution in [0.2, 0.25) is 0 Å². The van der Waals surface area contributed by atoms with Gasteiger partial charge in [0.05, 0.1) is 13.2 Å². The lowest BCUT2D eigenvalue weighted by Crippen LogP contribution is -2.14. The van der Waals surface area contributed by atoms with E-state index in [4.69, 9.17) is 9.47 Å². The van der Waals surface area contributed by atoms with Crippen LogP contribution in [0.1, 0.15) is 17.2 Å². The summed E-state index contributed by atoms with van der Waals surface area (Å²) < 4.78 is 10.7. The zero-order chi connectivity index (χ0) is 15.1. The Balaban J connectivity index is 2.39. The zero-order valence-corrected chi connectivity index (χ0v) is 11.8. The van der Waals surface area contributed by atoms with Crippen molar-refractivity contribution in [2.45, 2.75) is 12.5 Å². The molecule has 1 atom stereocenters. The first-order chi connectivity index (χ1) is 10.1. The van der Waals surface area contributed by atoms with Crippen LogP contribution in [0.3, 0.4) is 0 Å². The lowest BCUT2D eigenvalue weighted by Gasteiger charge is -2.29. The Morgan fingerprint density at radius 1 is 1.05 bits per heavy atom. The van der Waals surface area contributed by atoms with E-state index in [1.807, 2.05) is 6.07 Å². The number of hydrogen-bond donors (Lipinski definition) is 3. The van der Waals surface area contributed by atoms with E-state index in [2.05, 4.69) is 0 Å². The van der Waals surface area contributed by atoms with Gasteiger partial charge in [-0.05, 0) is 23.3 Å². The third-order valence-electron chi connectivity index (χ3n) is 3.88.